The predicted molar refractivity (Wildman–Crippen MR) is 140 cm³/mol. The van der Waals surface area contributed by atoms with E-state index in [0.717, 1.165) is 12.8 Å². The number of nitrogens with one attached hydrogen (secondary N) is 1. The van der Waals surface area contributed by atoms with Crippen LogP contribution in [0.15, 0.2) is 24.3 Å². The van der Waals surface area contributed by atoms with Crippen LogP contribution >= 0.6 is 0 Å². The van der Waals surface area contributed by atoms with E-state index in [1.165, 1.54) is 64.6 Å². The summed E-state index contributed by atoms with van der Waals surface area (Å²) in [7, 11) is 2.78. The summed E-state index contributed by atoms with van der Waals surface area (Å²) in [5, 5.41) is 11.6. The Morgan fingerprint density at radius 3 is 2.17 bits per heavy atom. The maximum atomic E-state index is 12.2. The third-order valence-electron chi connectivity index (χ3n) is 5.85. The maximum absolute atomic E-state index is 12.2. The number of amides is 1. The lowest BCUT2D eigenvalue weighted by molar-refractivity contribution is -0.143. The second-order valence-corrected chi connectivity index (χ2v) is 8.79. The van der Waals surface area contributed by atoms with E-state index < -0.39 is 23.9 Å². The molecule has 1 atom stereocenters. The Labute approximate surface area is 215 Å². The smallest absolute Gasteiger partial charge is 0.326 e. The van der Waals surface area contributed by atoms with Gasteiger partial charge in [-0.3, -0.25) is 9.59 Å². The fourth-order valence-electron chi connectivity index (χ4n) is 3.69. The molecule has 1 amide bonds. The van der Waals surface area contributed by atoms with E-state index in [-0.39, 0.29) is 12.8 Å². The highest BCUT2D eigenvalue weighted by atomic mass is 16.5. The Balaban J connectivity index is 2.43. The molecular weight excluding hydrogens is 462 g/mol. The number of benzene rings is 1. The van der Waals surface area contributed by atoms with E-state index in [1.54, 1.807) is 31.4 Å². The van der Waals surface area contributed by atoms with Crippen LogP contribution in [0.1, 0.15) is 89.5 Å². The van der Waals surface area contributed by atoms with Crippen molar-refractivity contribution >= 4 is 23.9 Å². The summed E-state index contributed by atoms with van der Waals surface area (Å²) in [5.74, 6) is -1.12. The van der Waals surface area contributed by atoms with Crippen LogP contribution in [0.4, 0.5) is 0 Å². The van der Waals surface area contributed by atoms with Crippen molar-refractivity contribution in [2.24, 2.45) is 0 Å². The van der Waals surface area contributed by atoms with Crippen LogP contribution in [-0.2, 0) is 19.1 Å². The third kappa shape index (κ3) is 13.8. The van der Waals surface area contributed by atoms with Crippen molar-refractivity contribution in [2.45, 2.75) is 90.0 Å². The first-order valence-corrected chi connectivity index (χ1v) is 13.0. The van der Waals surface area contributed by atoms with Crippen molar-refractivity contribution < 1.29 is 33.7 Å². The average Bonchev–Trinajstić information content (AvgIpc) is 2.88. The number of carboxylic acids is 1. The molecule has 2 N–H and O–H groups in total. The van der Waals surface area contributed by atoms with Crippen molar-refractivity contribution in [3.8, 4) is 11.5 Å². The quantitative estimate of drug-likeness (QED) is 0.136. The summed E-state index contributed by atoms with van der Waals surface area (Å²) in [6.07, 6.45) is 15.3. The molecule has 1 aromatic rings. The molecule has 8 heteroatoms. The minimum Gasteiger partial charge on any atom is -0.493 e. The zero-order valence-corrected chi connectivity index (χ0v) is 22.1. The largest absolute Gasteiger partial charge is 0.493 e. The first-order valence-electron chi connectivity index (χ1n) is 13.0. The molecule has 0 bridgehead atoms. The van der Waals surface area contributed by atoms with Gasteiger partial charge in [0.2, 0.25) is 5.91 Å². The van der Waals surface area contributed by atoms with Gasteiger partial charge in [0.05, 0.1) is 20.8 Å². The normalized spacial score (nSPS) is 11.8. The lowest BCUT2D eigenvalue weighted by atomic mass is 10.1. The molecule has 8 nitrogen and oxygen atoms in total. The van der Waals surface area contributed by atoms with Gasteiger partial charge in [-0.05, 0) is 36.6 Å². The van der Waals surface area contributed by atoms with Crippen molar-refractivity contribution in [2.75, 3.05) is 20.8 Å². The molecule has 0 radical (unpaired) electrons. The minimum absolute atomic E-state index is 0.0551. The molecule has 0 aromatic heterocycles. The van der Waals surface area contributed by atoms with Crippen molar-refractivity contribution in [1.82, 2.24) is 5.32 Å². The number of ether oxygens (including phenoxy) is 3. The van der Waals surface area contributed by atoms with Crippen molar-refractivity contribution in [3.05, 3.63) is 29.8 Å². The van der Waals surface area contributed by atoms with Crippen LogP contribution in [0.25, 0.3) is 6.08 Å². The zero-order valence-electron chi connectivity index (χ0n) is 22.1. The van der Waals surface area contributed by atoms with Gasteiger partial charge in [0.25, 0.3) is 0 Å². The molecule has 202 valence electrons. The Bertz CT molecular complexity index is 822. The second kappa shape index (κ2) is 19.2. The number of esters is 1. The molecule has 1 rings (SSSR count). The number of carbonyl (C=O) groups is 3. The molecule has 0 fully saturated rings. The highest BCUT2D eigenvalue weighted by Gasteiger charge is 2.20. The van der Waals surface area contributed by atoms with Crippen LogP contribution in [0.5, 0.6) is 11.5 Å². The van der Waals surface area contributed by atoms with Crippen LogP contribution in [0, 0.1) is 0 Å². The number of carbonyl (C=O) groups excluding carboxylic acids is 2. The molecule has 36 heavy (non-hydrogen) atoms. The van der Waals surface area contributed by atoms with E-state index in [4.69, 9.17) is 9.47 Å². The monoisotopic (exact) mass is 505 g/mol. The minimum atomic E-state index is -1.22. The van der Waals surface area contributed by atoms with Gasteiger partial charge in [0, 0.05) is 12.5 Å². The molecule has 0 aliphatic rings. The first kappa shape index (κ1) is 31.0. The number of unbranched alkanes of at least 4 members (excludes halogenated alkanes) is 9. The second-order valence-electron chi connectivity index (χ2n) is 8.79. The summed E-state index contributed by atoms with van der Waals surface area (Å²) in [5.41, 5.74) is 0.703. The topological polar surface area (TPSA) is 111 Å². The number of hydrogen-bond donors (Lipinski definition) is 2. The third-order valence-corrected chi connectivity index (χ3v) is 5.85. The summed E-state index contributed by atoms with van der Waals surface area (Å²) >= 11 is 0. The molecule has 0 unspecified atom stereocenters. The van der Waals surface area contributed by atoms with Crippen LogP contribution in [0.2, 0.25) is 0 Å². The van der Waals surface area contributed by atoms with Crippen LogP contribution in [0.3, 0.4) is 0 Å². The highest BCUT2D eigenvalue weighted by Crippen LogP contribution is 2.29. The summed E-state index contributed by atoms with van der Waals surface area (Å²) < 4.78 is 15.8. The van der Waals surface area contributed by atoms with Crippen LogP contribution < -0.4 is 14.8 Å². The highest BCUT2D eigenvalue weighted by molar-refractivity contribution is 5.94. The van der Waals surface area contributed by atoms with Gasteiger partial charge in [-0.1, -0.05) is 70.8 Å². The van der Waals surface area contributed by atoms with E-state index in [2.05, 4.69) is 17.0 Å². The van der Waals surface area contributed by atoms with E-state index in [1.807, 2.05) is 0 Å². The summed E-state index contributed by atoms with van der Waals surface area (Å²) in [4.78, 5) is 34.7. The van der Waals surface area contributed by atoms with Crippen LogP contribution in [-0.4, -0.2) is 49.8 Å². The fourth-order valence-corrected chi connectivity index (χ4v) is 3.69. The van der Waals surface area contributed by atoms with E-state index in [9.17, 15) is 19.5 Å². The molecular formula is C28H43NO7. The summed E-state index contributed by atoms with van der Waals surface area (Å²) in [6, 6.07) is 4.16. The Hall–Kier alpha value is -3.03. The summed E-state index contributed by atoms with van der Waals surface area (Å²) in [6.45, 7) is 2.86. The van der Waals surface area contributed by atoms with Gasteiger partial charge >= 0.3 is 11.9 Å². The number of rotatable bonds is 20. The molecule has 0 aliphatic carbocycles. The maximum Gasteiger partial charge on any atom is 0.326 e. The van der Waals surface area contributed by atoms with Crippen molar-refractivity contribution in [3.63, 3.8) is 0 Å². The SMILES string of the molecule is CCCCCCCCCCCCOc1ccc(/C=C/C(=O)N[C@@H](CCC(=O)OC)C(=O)O)cc1OC. The number of hydrogen-bond acceptors (Lipinski definition) is 6. The zero-order chi connectivity index (χ0) is 26.6. The van der Waals surface area contributed by atoms with E-state index >= 15 is 0 Å². The number of aliphatic carboxylic acids is 1. The average molecular weight is 506 g/mol. The standard InChI is InChI=1S/C28H43NO7/c1-4-5-6-7-8-9-10-11-12-13-20-36-24-17-14-22(21-25(24)34-2)15-18-26(30)29-23(28(32)33)16-19-27(31)35-3/h14-15,17-18,21,23H,4-13,16,19-20H2,1-3H3,(H,29,30)(H,32,33)/b18-15+/t23-/m0/s1. The van der Waals surface area contributed by atoms with Gasteiger partial charge < -0.3 is 24.6 Å². The molecule has 0 saturated carbocycles. The molecule has 0 spiro atoms. The predicted octanol–water partition coefficient (Wildman–Crippen LogP) is 5.53. The number of carboxylic acid groups (broad SMARTS) is 1. The van der Waals surface area contributed by atoms with Gasteiger partial charge in [-0.25, -0.2) is 4.79 Å². The molecule has 1 aromatic carbocycles. The lowest BCUT2D eigenvalue weighted by Gasteiger charge is -2.12. The Kier molecular flexibility index (Phi) is 16.5. The van der Waals surface area contributed by atoms with Crippen molar-refractivity contribution in [1.29, 1.82) is 0 Å². The van der Waals surface area contributed by atoms with Gasteiger partial charge in [0.1, 0.15) is 6.04 Å². The molecule has 0 aliphatic heterocycles. The molecule has 0 saturated heterocycles. The number of methoxy groups -OCH3 is 2. The molecule has 0 heterocycles. The van der Waals surface area contributed by atoms with Gasteiger partial charge in [-0.15, -0.1) is 0 Å². The van der Waals surface area contributed by atoms with Gasteiger partial charge in [-0.2, -0.15) is 0 Å². The Morgan fingerprint density at radius 1 is 0.944 bits per heavy atom. The van der Waals surface area contributed by atoms with E-state index in [0.29, 0.717) is 23.7 Å². The van der Waals surface area contributed by atoms with Gasteiger partial charge in [0.15, 0.2) is 11.5 Å². The first-order chi connectivity index (χ1) is 17.4. The lowest BCUT2D eigenvalue weighted by Crippen LogP contribution is -2.40. The fraction of sp³-hybridized carbons (Fsp3) is 0.607. The Morgan fingerprint density at radius 2 is 1.58 bits per heavy atom.